The number of nitrogen functional groups attached to an aromatic ring is 1. The molecule has 0 saturated heterocycles. The van der Waals surface area contributed by atoms with Crippen molar-refractivity contribution in [3.63, 3.8) is 0 Å². The summed E-state index contributed by atoms with van der Waals surface area (Å²) in [7, 11) is 0. The third-order valence-electron chi connectivity index (χ3n) is 1.01. The molecule has 54 valence electrons. The van der Waals surface area contributed by atoms with Crippen molar-refractivity contribution in [2.24, 2.45) is 0 Å². The van der Waals surface area contributed by atoms with Gasteiger partial charge in [-0.2, -0.15) is 0 Å². The molecule has 0 fully saturated rings. The Balaban J connectivity index is 3.31. The van der Waals surface area contributed by atoms with Crippen molar-refractivity contribution in [3.8, 4) is 0 Å². The van der Waals surface area contributed by atoms with Crippen LogP contribution in [0.3, 0.4) is 0 Å². The summed E-state index contributed by atoms with van der Waals surface area (Å²) in [5, 5.41) is 0.962. The lowest BCUT2D eigenvalue weighted by Crippen LogP contribution is -1.84. The number of hydrogen-bond donors (Lipinski definition) is 1. The molecule has 0 aliphatic rings. The molecule has 0 heterocycles. The molecule has 2 N–H and O–H groups in total. The number of nitrogens with two attached hydrogens (primary N) is 1. The van der Waals surface area contributed by atoms with Crippen LogP contribution in [-0.2, 0) is 0 Å². The first-order chi connectivity index (χ1) is 4.61. The van der Waals surface area contributed by atoms with E-state index in [9.17, 15) is 0 Å². The third kappa shape index (κ3) is 1.57. The summed E-state index contributed by atoms with van der Waals surface area (Å²) in [5.41, 5.74) is 6.05. The molecule has 10 heavy (non-hydrogen) atoms. The van der Waals surface area contributed by atoms with Gasteiger partial charge in [0.2, 0.25) is 0 Å². The van der Waals surface area contributed by atoms with Gasteiger partial charge in [0.25, 0.3) is 0 Å². The number of hydrogen-bond acceptors (Lipinski definition) is 1. The highest BCUT2D eigenvalue weighted by molar-refractivity contribution is 9.10. The average Bonchev–Trinajstić information content (AvgIpc) is 1.82. The van der Waals surface area contributed by atoms with Crippen LogP contribution in [0.4, 0.5) is 5.69 Å². The molecule has 1 rings (SSSR count). The number of rotatable bonds is 0. The second-order valence-electron chi connectivity index (χ2n) is 1.80. The van der Waals surface area contributed by atoms with E-state index in [1.807, 2.05) is 0 Å². The van der Waals surface area contributed by atoms with Gasteiger partial charge in [-0.3, -0.25) is 0 Å². The summed E-state index contributed by atoms with van der Waals surface area (Å²) in [4.78, 5) is 0. The van der Waals surface area contributed by atoms with Gasteiger partial charge in [-0.25, -0.2) is 0 Å². The van der Waals surface area contributed by atoms with Crippen LogP contribution < -0.4 is 5.73 Å². The Hall–Kier alpha value is 0.0800. The second kappa shape index (κ2) is 2.99. The Kier molecular flexibility index (Phi) is 2.45. The summed E-state index contributed by atoms with van der Waals surface area (Å²) < 4.78 is 0.721. The Labute approximate surface area is 77.2 Å². The van der Waals surface area contributed by atoms with Gasteiger partial charge in [0.15, 0.2) is 0 Å². The monoisotopic (exact) mass is 239 g/mol. The van der Waals surface area contributed by atoms with Gasteiger partial charge in [-0.05, 0) is 28.1 Å². The molecule has 1 nitrogen and oxygen atoms in total. The van der Waals surface area contributed by atoms with Gasteiger partial charge >= 0.3 is 0 Å². The fourth-order valence-electron chi connectivity index (χ4n) is 0.575. The fourth-order valence-corrected chi connectivity index (χ4v) is 1.50. The lowest BCUT2D eigenvalue weighted by Gasteiger charge is -1.99. The number of benzene rings is 1. The highest BCUT2D eigenvalue weighted by atomic mass is 79.9. The first-order valence-electron chi connectivity index (χ1n) is 2.51. The molecule has 0 bridgehead atoms. The van der Waals surface area contributed by atoms with Gasteiger partial charge in [0, 0.05) is 10.2 Å². The Morgan fingerprint density at radius 2 is 1.90 bits per heavy atom. The Morgan fingerprint density at radius 3 is 2.40 bits per heavy atom. The molecule has 1 aromatic carbocycles. The quantitative estimate of drug-likeness (QED) is 0.547. The third-order valence-corrected chi connectivity index (χ3v) is 2.66. The topological polar surface area (TPSA) is 26.0 Å². The van der Waals surface area contributed by atoms with E-state index in [4.69, 9.17) is 28.9 Å². The van der Waals surface area contributed by atoms with E-state index in [1.165, 1.54) is 0 Å². The van der Waals surface area contributed by atoms with Crippen molar-refractivity contribution < 1.29 is 0 Å². The van der Waals surface area contributed by atoms with Crippen molar-refractivity contribution in [2.75, 3.05) is 5.73 Å². The number of halogens is 3. The normalized spacial score (nSPS) is 9.90. The molecule has 1 aromatic rings. The van der Waals surface area contributed by atoms with E-state index >= 15 is 0 Å². The first-order valence-corrected chi connectivity index (χ1v) is 4.06. The molecule has 4 heteroatoms. The Bertz CT molecular complexity index is 239. The van der Waals surface area contributed by atoms with Crippen LogP contribution >= 0.6 is 39.1 Å². The van der Waals surface area contributed by atoms with E-state index in [-0.39, 0.29) is 0 Å². The minimum Gasteiger partial charge on any atom is -0.399 e. The maximum Gasteiger partial charge on any atom is 0.0735 e. The fraction of sp³-hybridized carbons (Fsp3) is 0. The van der Waals surface area contributed by atoms with Crippen LogP contribution in [0.25, 0.3) is 0 Å². The van der Waals surface area contributed by atoms with Crippen LogP contribution in [0.15, 0.2) is 16.6 Å². The van der Waals surface area contributed by atoms with Crippen molar-refractivity contribution in [3.05, 3.63) is 26.7 Å². The van der Waals surface area contributed by atoms with Crippen molar-refractivity contribution >= 4 is 44.8 Å². The average molecular weight is 241 g/mol. The molecule has 0 saturated carbocycles. The van der Waals surface area contributed by atoms with E-state index in [2.05, 4.69) is 15.9 Å². The summed E-state index contributed by atoms with van der Waals surface area (Å²) in [6.07, 6.45) is 0. The maximum atomic E-state index is 5.72. The summed E-state index contributed by atoms with van der Waals surface area (Å²) in [5.74, 6) is 0. The Morgan fingerprint density at radius 1 is 1.30 bits per heavy atom. The minimum absolute atomic E-state index is 0.466. The summed E-state index contributed by atoms with van der Waals surface area (Å²) in [6.45, 7) is 0. The maximum absolute atomic E-state index is 5.72. The first kappa shape index (κ1) is 8.18. The zero-order chi connectivity index (χ0) is 7.72. The largest absolute Gasteiger partial charge is 0.399 e. The smallest absolute Gasteiger partial charge is 0.0735 e. The summed E-state index contributed by atoms with van der Waals surface area (Å²) in [6, 6.07) is 3.31. The van der Waals surface area contributed by atoms with Crippen molar-refractivity contribution in [1.29, 1.82) is 0 Å². The molecule has 0 aliphatic heterocycles. The second-order valence-corrected chi connectivity index (χ2v) is 3.44. The van der Waals surface area contributed by atoms with E-state index in [0.29, 0.717) is 15.7 Å². The minimum atomic E-state index is 0.466. The van der Waals surface area contributed by atoms with Gasteiger partial charge in [0.05, 0.1) is 10.0 Å². The molecule has 0 radical (unpaired) electrons. The van der Waals surface area contributed by atoms with Crippen LogP contribution in [0.5, 0.6) is 0 Å². The molecular weight excluding hydrogens is 237 g/mol. The van der Waals surface area contributed by atoms with Crippen LogP contribution in [0, 0.1) is 0 Å². The lowest BCUT2D eigenvalue weighted by molar-refractivity contribution is 1.63. The van der Waals surface area contributed by atoms with Crippen LogP contribution in [-0.4, -0.2) is 0 Å². The van der Waals surface area contributed by atoms with Crippen molar-refractivity contribution in [1.82, 2.24) is 0 Å². The van der Waals surface area contributed by atoms with Crippen molar-refractivity contribution in [2.45, 2.75) is 0 Å². The lowest BCUT2D eigenvalue weighted by atomic mass is 10.3. The molecule has 0 aliphatic carbocycles. The molecule has 0 amide bonds. The molecule has 0 spiro atoms. The summed E-state index contributed by atoms with van der Waals surface area (Å²) >= 11 is 14.6. The van der Waals surface area contributed by atoms with E-state index in [0.717, 1.165) is 4.47 Å². The van der Waals surface area contributed by atoms with Gasteiger partial charge in [0.1, 0.15) is 0 Å². The SMILES string of the molecule is Nc1cc(Cl)c(Cl)c(Br)c1. The zero-order valence-electron chi connectivity index (χ0n) is 4.87. The van der Waals surface area contributed by atoms with Gasteiger partial charge in [-0.1, -0.05) is 23.2 Å². The standard InChI is InChI=1S/C6H4BrCl2N/c7-4-1-3(10)2-5(8)6(4)9/h1-2H,10H2. The molecule has 0 aromatic heterocycles. The molecular formula is C6H4BrCl2N. The van der Waals surface area contributed by atoms with Crippen LogP contribution in [0.1, 0.15) is 0 Å². The highest BCUT2D eigenvalue weighted by Crippen LogP contribution is 2.32. The predicted molar refractivity (Wildman–Crippen MR) is 48.6 cm³/mol. The molecule has 0 atom stereocenters. The zero-order valence-corrected chi connectivity index (χ0v) is 7.96. The number of anilines is 1. The van der Waals surface area contributed by atoms with Gasteiger partial charge < -0.3 is 5.73 Å². The van der Waals surface area contributed by atoms with E-state index < -0.39 is 0 Å². The predicted octanol–water partition coefficient (Wildman–Crippen LogP) is 3.34. The molecule has 0 unspecified atom stereocenters. The van der Waals surface area contributed by atoms with E-state index in [1.54, 1.807) is 12.1 Å². The van der Waals surface area contributed by atoms with Crippen LogP contribution in [0.2, 0.25) is 10.0 Å². The van der Waals surface area contributed by atoms with Gasteiger partial charge in [-0.15, -0.1) is 0 Å². The highest BCUT2D eigenvalue weighted by Gasteiger charge is 2.02.